The number of likely N-dealkylation sites (N-methyl/N-ethyl adjacent to an activating group) is 1. The van der Waals surface area contributed by atoms with Crippen LogP contribution in [0.15, 0.2) is 42.9 Å². The molecule has 0 unspecified atom stereocenters. The second-order valence-corrected chi connectivity index (χ2v) is 6.36. The fourth-order valence-corrected chi connectivity index (χ4v) is 2.35. The second kappa shape index (κ2) is 8.42. The number of hydrogen-bond acceptors (Lipinski definition) is 5. The Bertz CT molecular complexity index is 745. The Hall–Kier alpha value is -2.96. The Kier molecular flexibility index (Phi) is 5.78. The Labute approximate surface area is 152 Å². The molecule has 0 atom stereocenters. The van der Waals surface area contributed by atoms with E-state index in [9.17, 15) is 9.59 Å². The number of hydrogen-bond donors (Lipinski definition) is 1. The minimum atomic E-state index is -0.119. The van der Waals surface area contributed by atoms with E-state index in [-0.39, 0.29) is 24.3 Å². The van der Waals surface area contributed by atoms with Gasteiger partial charge in [-0.2, -0.15) is 0 Å². The zero-order valence-electron chi connectivity index (χ0n) is 14.7. The molecule has 7 heteroatoms. The van der Waals surface area contributed by atoms with E-state index < -0.39 is 0 Å². The zero-order valence-corrected chi connectivity index (χ0v) is 14.7. The zero-order chi connectivity index (χ0) is 18.4. The van der Waals surface area contributed by atoms with E-state index in [0.29, 0.717) is 18.1 Å². The first kappa shape index (κ1) is 17.8. The molecule has 2 aromatic heterocycles. The first-order chi connectivity index (χ1) is 12.6. The van der Waals surface area contributed by atoms with E-state index in [4.69, 9.17) is 4.74 Å². The molecule has 0 radical (unpaired) electrons. The highest BCUT2D eigenvalue weighted by atomic mass is 16.5. The van der Waals surface area contributed by atoms with Crippen molar-refractivity contribution in [3.05, 3.63) is 48.4 Å². The molecule has 3 rings (SSSR count). The van der Waals surface area contributed by atoms with Gasteiger partial charge in [-0.05, 0) is 43.0 Å². The number of rotatable bonds is 8. The Morgan fingerprint density at radius 3 is 2.65 bits per heavy atom. The van der Waals surface area contributed by atoms with Gasteiger partial charge in [0.05, 0.1) is 11.9 Å². The Morgan fingerprint density at radius 1 is 1.23 bits per heavy atom. The standard InChI is InChI=1S/C19H22N4O3/c1-23(11-8-14-6-9-20-10-7-14)18(24)13-26-17-5-4-16(12-21-17)22-19(25)15-2-3-15/h4-7,9-10,12,15H,2-3,8,11,13H2,1H3,(H,22,25). The van der Waals surface area contributed by atoms with Gasteiger partial charge in [0.2, 0.25) is 11.8 Å². The molecule has 1 aliphatic rings. The average Bonchev–Trinajstić information content (AvgIpc) is 3.51. The maximum absolute atomic E-state index is 12.1. The summed E-state index contributed by atoms with van der Waals surface area (Å²) in [7, 11) is 1.75. The number of aromatic nitrogens is 2. The fourth-order valence-electron chi connectivity index (χ4n) is 2.35. The number of ether oxygens (including phenoxy) is 1. The van der Waals surface area contributed by atoms with Crippen molar-refractivity contribution >= 4 is 17.5 Å². The molecule has 136 valence electrons. The van der Waals surface area contributed by atoms with Crippen LogP contribution in [0.5, 0.6) is 5.88 Å². The van der Waals surface area contributed by atoms with Crippen LogP contribution in [-0.2, 0) is 16.0 Å². The van der Waals surface area contributed by atoms with Gasteiger partial charge in [0.1, 0.15) is 0 Å². The van der Waals surface area contributed by atoms with Gasteiger partial charge >= 0.3 is 0 Å². The Morgan fingerprint density at radius 2 is 2.00 bits per heavy atom. The third kappa shape index (κ3) is 5.27. The molecule has 2 heterocycles. The van der Waals surface area contributed by atoms with E-state index in [1.165, 1.54) is 6.20 Å². The summed E-state index contributed by atoms with van der Waals surface area (Å²) in [6, 6.07) is 7.23. The molecule has 1 fully saturated rings. The molecule has 1 saturated carbocycles. The molecule has 2 amide bonds. The first-order valence-corrected chi connectivity index (χ1v) is 8.64. The number of anilines is 1. The van der Waals surface area contributed by atoms with Crippen LogP contribution < -0.4 is 10.1 Å². The van der Waals surface area contributed by atoms with Crippen LogP contribution in [0.1, 0.15) is 18.4 Å². The lowest BCUT2D eigenvalue weighted by molar-refractivity contribution is -0.132. The molecular weight excluding hydrogens is 332 g/mol. The topological polar surface area (TPSA) is 84.4 Å². The number of pyridine rings is 2. The molecule has 0 aromatic carbocycles. The molecule has 0 saturated heterocycles. The van der Waals surface area contributed by atoms with E-state index >= 15 is 0 Å². The van der Waals surface area contributed by atoms with Crippen LogP contribution in [0.25, 0.3) is 0 Å². The maximum Gasteiger partial charge on any atom is 0.260 e. The van der Waals surface area contributed by atoms with Crippen molar-refractivity contribution in [1.29, 1.82) is 0 Å². The molecule has 0 bridgehead atoms. The second-order valence-electron chi connectivity index (χ2n) is 6.36. The van der Waals surface area contributed by atoms with Gasteiger partial charge in [0.25, 0.3) is 5.91 Å². The minimum Gasteiger partial charge on any atom is -0.468 e. The molecule has 0 aliphatic heterocycles. The van der Waals surface area contributed by atoms with Crippen molar-refractivity contribution < 1.29 is 14.3 Å². The minimum absolute atomic E-state index is 0.0338. The van der Waals surface area contributed by atoms with E-state index in [1.807, 2.05) is 12.1 Å². The third-order valence-electron chi connectivity index (χ3n) is 4.21. The van der Waals surface area contributed by atoms with Crippen molar-refractivity contribution in [1.82, 2.24) is 14.9 Å². The fraction of sp³-hybridized carbons (Fsp3) is 0.368. The summed E-state index contributed by atoms with van der Waals surface area (Å²) in [5, 5.41) is 2.81. The highest BCUT2D eigenvalue weighted by molar-refractivity contribution is 5.93. The predicted octanol–water partition coefficient (Wildman–Crippen LogP) is 1.90. The van der Waals surface area contributed by atoms with E-state index in [2.05, 4.69) is 15.3 Å². The number of amides is 2. The van der Waals surface area contributed by atoms with E-state index in [1.54, 1.807) is 36.5 Å². The van der Waals surface area contributed by atoms with Crippen LogP contribution in [0.4, 0.5) is 5.69 Å². The lowest BCUT2D eigenvalue weighted by atomic mass is 10.2. The summed E-state index contributed by atoms with van der Waals surface area (Å²) in [5.41, 5.74) is 1.76. The van der Waals surface area contributed by atoms with Gasteiger partial charge in [0.15, 0.2) is 6.61 Å². The molecule has 1 aliphatic carbocycles. The summed E-state index contributed by atoms with van der Waals surface area (Å²) >= 11 is 0. The molecule has 26 heavy (non-hydrogen) atoms. The molecule has 7 nitrogen and oxygen atoms in total. The van der Waals surface area contributed by atoms with Gasteiger partial charge in [0, 0.05) is 38.0 Å². The normalized spacial score (nSPS) is 13.1. The van der Waals surface area contributed by atoms with Crippen molar-refractivity contribution in [2.45, 2.75) is 19.3 Å². The van der Waals surface area contributed by atoms with Crippen molar-refractivity contribution in [3.63, 3.8) is 0 Å². The number of nitrogens with zero attached hydrogens (tertiary/aromatic N) is 3. The van der Waals surface area contributed by atoms with Crippen LogP contribution in [0, 0.1) is 5.92 Å². The van der Waals surface area contributed by atoms with Crippen LogP contribution in [-0.4, -0.2) is 46.9 Å². The summed E-state index contributed by atoms with van der Waals surface area (Å²) in [5.74, 6) is 0.412. The van der Waals surface area contributed by atoms with Gasteiger partial charge < -0.3 is 15.0 Å². The van der Waals surface area contributed by atoms with Crippen molar-refractivity contribution in [3.8, 4) is 5.88 Å². The Balaban J connectivity index is 1.41. The highest BCUT2D eigenvalue weighted by Crippen LogP contribution is 2.30. The molecule has 0 spiro atoms. The van der Waals surface area contributed by atoms with Gasteiger partial charge in [-0.1, -0.05) is 0 Å². The third-order valence-corrected chi connectivity index (χ3v) is 4.21. The largest absolute Gasteiger partial charge is 0.468 e. The van der Waals surface area contributed by atoms with Crippen molar-refractivity contribution in [2.75, 3.05) is 25.5 Å². The molecule has 2 aromatic rings. The van der Waals surface area contributed by atoms with Gasteiger partial charge in [-0.3, -0.25) is 14.6 Å². The van der Waals surface area contributed by atoms with Crippen LogP contribution in [0.3, 0.4) is 0 Å². The monoisotopic (exact) mass is 354 g/mol. The molecular formula is C19H22N4O3. The maximum atomic E-state index is 12.1. The van der Waals surface area contributed by atoms with Gasteiger partial charge in [-0.15, -0.1) is 0 Å². The number of carbonyl (C=O) groups excluding carboxylic acids is 2. The lowest BCUT2D eigenvalue weighted by Crippen LogP contribution is -2.33. The summed E-state index contributed by atoms with van der Waals surface area (Å²) < 4.78 is 5.44. The number of nitrogens with one attached hydrogen (secondary N) is 1. The van der Waals surface area contributed by atoms with Crippen LogP contribution in [0.2, 0.25) is 0 Å². The highest BCUT2D eigenvalue weighted by Gasteiger charge is 2.29. The summed E-state index contributed by atoms with van der Waals surface area (Å²) in [4.78, 5) is 33.6. The summed E-state index contributed by atoms with van der Waals surface area (Å²) in [6.07, 6.45) is 7.69. The van der Waals surface area contributed by atoms with E-state index in [0.717, 1.165) is 24.8 Å². The lowest BCUT2D eigenvalue weighted by Gasteiger charge is -2.17. The summed E-state index contributed by atoms with van der Waals surface area (Å²) in [6.45, 7) is 0.527. The smallest absolute Gasteiger partial charge is 0.260 e. The molecule has 1 N–H and O–H groups in total. The quantitative estimate of drug-likeness (QED) is 0.783. The predicted molar refractivity (Wildman–Crippen MR) is 96.7 cm³/mol. The number of carbonyl (C=O) groups is 2. The van der Waals surface area contributed by atoms with Crippen LogP contribution >= 0.6 is 0 Å². The van der Waals surface area contributed by atoms with Gasteiger partial charge in [-0.25, -0.2) is 4.98 Å². The average molecular weight is 354 g/mol. The SMILES string of the molecule is CN(CCc1ccncc1)C(=O)COc1ccc(NC(=O)C2CC2)cn1. The van der Waals surface area contributed by atoms with Crippen molar-refractivity contribution in [2.24, 2.45) is 5.92 Å². The first-order valence-electron chi connectivity index (χ1n) is 8.64.